The Bertz CT molecular complexity index is 386. The van der Waals surface area contributed by atoms with Crippen LogP contribution in [0.3, 0.4) is 0 Å². The van der Waals surface area contributed by atoms with Gasteiger partial charge in [-0.3, -0.25) is 4.79 Å². The summed E-state index contributed by atoms with van der Waals surface area (Å²) in [6.07, 6.45) is 0.555. The maximum absolute atomic E-state index is 12.9. The number of halogens is 1. The van der Waals surface area contributed by atoms with Crippen molar-refractivity contribution in [3.8, 4) is 0 Å². The molecular formula is C15H22FNO. The summed E-state index contributed by atoms with van der Waals surface area (Å²) in [5.41, 5.74) is 0.968. The molecule has 0 bridgehead atoms. The zero-order valence-corrected chi connectivity index (χ0v) is 11.6. The molecule has 1 amide bonds. The van der Waals surface area contributed by atoms with Crippen LogP contribution in [0, 0.1) is 11.7 Å². The molecule has 0 fully saturated rings. The Morgan fingerprint density at radius 2 is 1.78 bits per heavy atom. The lowest BCUT2D eigenvalue weighted by Gasteiger charge is -2.29. The molecule has 1 aromatic carbocycles. The number of carbonyl (C=O) groups excluding carboxylic acids is 1. The minimum atomic E-state index is -0.248. The van der Waals surface area contributed by atoms with Gasteiger partial charge < -0.3 is 4.90 Å². The van der Waals surface area contributed by atoms with Crippen molar-refractivity contribution < 1.29 is 9.18 Å². The lowest BCUT2D eigenvalue weighted by atomic mass is 10.0. The topological polar surface area (TPSA) is 20.3 Å². The largest absolute Gasteiger partial charge is 0.336 e. The van der Waals surface area contributed by atoms with Crippen LogP contribution in [0.2, 0.25) is 0 Å². The molecule has 0 aliphatic rings. The molecule has 18 heavy (non-hydrogen) atoms. The van der Waals surface area contributed by atoms with E-state index in [0.717, 1.165) is 5.56 Å². The van der Waals surface area contributed by atoms with Crippen molar-refractivity contribution in [1.82, 2.24) is 4.90 Å². The molecule has 0 aliphatic heterocycles. The van der Waals surface area contributed by atoms with Crippen molar-refractivity contribution in [2.75, 3.05) is 6.54 Å². The molecular weight excluding hydrogens is 229 g/mol. The summed E-state index contributed by atoms with van der Waals surface area (Å²) in [5.74, 6) is 0.263. The van der Waals surface area contributed by atoms with Gasteiger partial charge in [0.05, 0.1) is 6.04 Å². The van der Waals surface area contributed by atoms with Crippen molar-refractivity contribution in [1.29, 1.82) is 0 Å². The Balaban J connectivity index is 2.81. The number of hydrogen-bond donors (Lipinski definition) is 0. The second-order valence-corrected chi connectivity index (χ2v) is 5.01. The molecule has 3 heteroatoms. The molecule has 1 rings (SSSR count). The fourth-order valence-corrected chi connectivity index (χ4v) is 2.05. The molecule has 1 atom stereocenters. The van der Waals surface area contributed by atoms with Crippen molar-refractivity contribution in [3.05, 3.63) is 35.6 Å². The third kappa shape index (κ3) is 3.83. The maximum Gasteiger partial charge on any atom is 0.223 e. The maximum atomic E-state index is 12.9. The SMILES string of the molecule is CCN(C(=O)CC(C)C)C(C)c1ccc(F)cc1. The van der Waals surface area contributed by atoms with Crippen LogP contribution in [0.4, 0.5) is 4.39 Å². The summed E-state index contributed by atoms with van der Waals surface area (Å²) in [4.78, 5) is 14.0. The van der Waals surface area contributed by atoms with Gasteiger partial charge in [0.25, 0.3) is 0 Å². The summed E-state index contributed by atoms with van der Waals surface area (Å²) >= 11 is 0. The van der Waals surface area contributed by atoms with E-state index in [-0.39, 0.29) is 17.8 Å². The van der Waals surface area contributed by atoms with Crippen molar-refractivity contribution in [2.45, 2.75) is 40.2 Å². The fourth-order valence-electron chi connectivity index (χ4n) is 2.05. The van der Waals surface area contributed by atoms with Gasteiger partial charge in [0.2, 0.25) is 5.91 Å². The molecule has 0 radical (unpaired) electrons. The number of rotatable bonds is 5. The van der Waals surface area contributed by atoms with E-state index in [1.165, 1.54) is 12.1 Å². The van der Waals surface area contributed by atoms with Crippen LogP contribution < -0.4 is 0 Å². The number of benzene rings is 1. The average Bonchev–Trinajstić information content (AvgIpc) is 2.29. The Hall–Kier alpha value is -1.38. The highest BCUT2D eigenvalue weighted by Gasteiger charge is 2.20. The summed E-state index contributed by atoms with van der Waals surface area (Å²) in [6.45, 7) is 8.69. The van der Waals surface area contributed by atoms with Crippen LogP contribution in [-0.2, 0) is 4.79 Å². The summed E-state index contributed by atoms with van der Waals surface area (Å²) in [6, 6.07) is 6.34. The Kier molecular flexibility index (Phi) is 5.32. The smallest absolute Gasteiger partial charge is 0.223 e. The minimum absolute atomic E-state index is 0.0122. The fraction of sp³-hybridized carbons (Fsp3) is 0.533. The van der Waals surface area contributed by atoms with E-state index in [1.54, 1.807) is 12.1 Å². The predicted molar refractivity (Wildman–Crippen MR) is 71.7 cm³/mol. The van der Waals surface area contributed by atoms with Gasteiger partial charge in [-0.1, -0.05) is 26.0 Å². The van der Waals surface area contributed by atoms with E-state index < -0.39 is 0 Å². The summed E-state index contributed by atoms with van der Waals surface area (Å²) < 4.78 is 12.9. The molecule has 0 N–H and O–H groups in total. The van der Waals surface area contributed by atoms with Gasteiger partial charge in [0.15, 0.2) is 0 Å². The van der Waals surface area contributed by atoms with E-state index in [9.17, 15) is 9.18 Å². The van der Waals surface area contributed by atoms with Gasteiger partial charge in [-0.2, -0.15) is 0 Å². The third-order valence-corrected chi connectivity index (χ3v) is 3.06. The highest BCUT2D eigenvalue weighted by Crippen LogP contribution is 2.21. The van der Waals surface area contributed by atoms with Crippen LogP contribution in [0.1, 0.15) is 45.7 Å². The van der Waals surface area contributed by atoms with Crippen molar-refractivity contribution in [2.24, 2.45) is 5.92 Å². The molecule has 100 valence electrons. The number of carbonyl (C=O) groups is 1. The van der Waals surface area contributed by atoms with Gasteiger partial charge in [-0.25, -0.2) is 4.39 Å². The Labute approximate surface area is 109 Å². The molecule has 0 spiro atoms. The Morgan fingerprint density at radius 1 is 1.22 bits per heavy atom. The highest BCUT2D eigenvalue weighted by atomic mass is 19.1. The first-order valence-electron chi connectivity index (χ1n) is 6.50. The number of amides is 1. The molecule has 0 saturated heterocycles. The van der Waals surface area contributed by atoms with Gasteiger partial charge in [0.1, 0.15) is 5.82 Å². The zero-order chi connectivity index (χ0) is 13.7. The van der Waals surface area contributed by atoms with Crippen LogP contribution in [0.15, 0.2) is 24.3 Å². The van der Waals surface area contributed by atoms with E-state index in [4.69, 9.17) is 0 Å². The van der Waals surface area contributed by atoms with Gasteiger partial charge in [-0.05, 0) is 37.5 Å². The minimum Gasteiger partial charge on any atom is -0.336 e. The lowest BCUT2D eigenvalue weighted by Crippen LogP contribution is -2.34. The number of nitrogens with zero attached hydrogens (tertiary/aromatic N) is 1. The standard InChI is InChI=1S/C15H22FNO/c1-5-17(15(18)10-11(2)3)12(4)13-6-8-14(16)9-7-13/h6-9,11-12H,5,10H2,1-4H3. The van der Waals surface area contributed by atoms with Gasteiger partial charge in [0, 0.05) is 13.0 Å². The highest BCUT2D eigenvalue weighted by molar-refractivity contribution is 5.76. The lowest BCUT2D eigenvalue weighted by molar-refractivity contribution is -0.133. The molecule has 1 unspecified atom stereocenters. The van der Waals surface area contributed by atoms with Crippen molar-refractivity contribution in [3.63, 3.8) is 0 Å². The van der Waals surface area contributed by atoms with Crippen LogP contribution in [0.25, 0.3) is 0 Å². The molecule has 2 nitrogen and oxygen atoms in total. The van der Waals surface area contributed by atoms with Crippen LogP contribution in [0.5, 0.6) is 0 Å². The molecule has 0 heterocycles. The first-order valence-corrected chi connectivity index (χ1v) is 6.50. The Morgan fingerprint density at radius 3 is 2.22 bits per heavy atom. The van der Waals surface area contributed by atoms with Crippen LogP contribution in [-0.4, -0.2) is 17.4 Å². The first kappa shape index (κ1) is 14.7. The van der Waals surface area contributed by atoms with E-state index in [2.05, 4.69) is 0 Å². The number of hydrogen-bond acceptors (Lipinski definition) is 1. The molecule has 0 saturated carbocycles. The monoisotopic (exact) mass is 251 g/mol. The second kappa shape index (κ2) is 6.53. The van der Waals surface area contributed by atoms with Gasteiger partial charge in [-0.15, -0.1) is 0 Å². The van der Waals surface area contributed by atoms with Gasteiger partial charge >= 0.3 is 0 Å². The van der Waals surface area contributed by atoms with E-state index in [1.807, 2.05) is 32.6 Å². The quantitative estimate of drug-likeness (QED) is 0.780. The van der Waals surface area contributed by atoms with E-state index in [0.29, 0.717) is 18.9 Å². The molecule has 0 aliphatic carbocycles. The second-order valence-electron chi connectivity index (χ2n) is 5.01. The summed E-state index contributed by atoms with van der Waals surface area (Å²) in [5, 5.41) is 0. The molecule has 1 aromatic rings. The van der Waals surface area contributed by atoms with Crippen LogP contribution >= 0.6 is 0 Å². The van der Waals surface area contributed by atoms with Crippen molar-refractivity contribution >= 4 is 5.91 Å². The first-order chi connectivity index (χ1) is 8.45. The zero-order valence-electron chi connectivity index (χ0n) is 11.6. The third-order valence-electron chi connectivity index (χ3n) is 3.06. The molecule has 0 aromatic heterocycles. The van der Waals surface area contributed by atoms with E-state index >= 15 is 0 Å². The predicted octanol–water partition coefficient (Wildman–Crippen LogP) is 3.78. The normalized spacial score (nSPS) is 12.6. The summed E-state index contributed by atoms with van der Waals surface area (Å²) in [7, 11) is 0. The average molecular weight is 251 g/mol.